The Hall–Kier alpha value is -1.92. The first kappa shape index (κ1) is 16.9. The number of benzene rings is 1. The molecule has 1 amide bonds. The number of aromatic amines is 1. The van der Waals surface area contributed by atoms with Gasteiger partial charge in [0, 0.05) is 31.9 Å². The standard InChI is InChI=1S/C18H26N4O2/c1-24-13-18(8-10-19-11-9-18)12-20-17(23)7-6-16-21-14-4-2-3-5-15(14)22-16/h2-5,19H,6-13H2,1H3,(H,20,23)(H,21,22). The van der Waals surface area contributed by atoms with Crippen molar-refractivity contribution in [2.75, 3.05) is 33.4 Å². The number of carbonyl (C=O) groups is 1. The largest absolute Gasteiger partial charge is 0.384 e. The van der Waals surface area contributed by atoms with E-state index in [0.717, 1.165) is 42.8 Å². The van der Waals surface area contributed by atoms with Crippen LogP contribution in [0.3, 0.4) is 0 Å². The first-order valence-corrected chi connectivity index (χ1v) is 8.61. The van der Waals surface area contributed by atoms with Gasteiger partial charge in [0.05, 0.1) is 17.6 Å². The number of para-hydroxylation sites is 2. The van der Waals surface area contributed by atoms with Crippen molar-refractivity contribution < 1.29 is 9.53 Å². The van der Waals surface area contributed by atoms with E-state index < -0.39 is 0 Å². The van der Waals surface area contributed by atoms with Gasteiger partial charge in [-0.05, 0) is 38.1 Å². The molecular formula is C18H26N4O2. The number of piperidine rings is 1. The van der Waals surface area contributed by atoms with Crippen LogP contribution in [0.15, 0.2) is 24.3 Å². The summed E-state index contributed by atoms with van der Waals surface area (Å²) in [6.45, 7) is 3.34. The molecule has 0 radical (unpaired) electrons. The van der Waals surface area contributed by atoms with Crippen LogP contribution < -0.4 is 10.6 Å². The Morgan fingerprint density at radius 3 is 2.88 bits per heavy atom. The highest BCUT2D eigenvalue weighted by Crippen LogP contribution is 2.28. The lowest BCUT2D eigenvalue weighted by Gasteiger charge is -2.37. The van der Waals surface area contributed by atoms with Crippen LogP contribution in [0.5, 0.6) is 0 Å². The minimum Gasteiger partial charge on any atom is -0.384 e. The molecule has 1 fully saturated rings. The van der Waals surface area contributed by atoms with Gasteiger partial charge in [-0.2, -0.15) is 0 Å². The van der Waals surface area contributed by atoms with Gasteiger partial charge in [0.25, 0.3) is 0 Å². The summed E-state index contributed by atoms with van der Waals surface area (Å²) in [5.41, 5.74) is 2.03. The molecule has 1 aromatic heterocycles. The number of carbonyl (C=O) groups excluding carboxylic acids is 1. The van der Waals surface area contributed by atoms with E-state index in [1.54, 1.807) is 7.11 Å². The molecule has 0 aliphatic carbocycles. The number of imidazole rings is 1. The Kier molecular flexibility index (Phi) is 5.48. The monoisotopic (exact) mass is 330 g/mol. The molecule has 0 saturated carbocycles. The zero-order valence-corrected chi connectivity index (χ0v) is 14.2. The number of amides is 1. The summed E-state index contributed by atoms with van der Waals surface area (Å²) in [4.78, 5) is 20.0. The summed E-state index contributed by atoms with van der Waals surface area (Å²) in [5.74, 6) is 0.935. The van der Waals surface area contributed by atoms with Gasteiger partial charge in [-0.15, -0.1) is 0 Å². The maximum atomic E-state index is 12.2. The second-order valence-corrected chi connectivity index (χ2v) is 6.66. The zero-order chi connectivity index (χ0) is 16.8. The van der Waals surface area contributed by atoms with Crippen molar-refractivity contribution in [1.82, 2.24) is 20.6 Å². The van der Waals surface area contributed by atoms with E-state index in [0.29, 0.717) is 26.0 Å². The molecule has 0 atom stereocenters. The van der Waals surface area contributed by atoms with E-state index in [2.05, 4.69) is 20.6 Å². The Balaban J connectivity index is 1.49. The third-order valence-electron chi connectivity index (χ3n) is 4.80. The van der Waals surface area contributed by atoms with Crippen LogP contribution >= 0.6 is 0 Å². The molecule has 6 heteroatoms. The fraction of sp³-hybridized carbons (Fsp3) is 0.556. The number of methoxy groups -OCH3 is 1. The highest BCUT2D eigenvalue weighted by atomic mass is 16.5. The van der Waals surface area contributed by atoms with Gasteiger partial charge in [0.2, 0.25) is 5.91 Å². The molecule has 130 valence electrons. The summed E-state index contributed by atoms with van der Waals surface area (Å²) in [7, 11) is 1.73. The third kappa shape index (κ3) is 4.13. The Bertz CT molecular complexity index is 638. The highest BCUT2D eigenvalue weighted by molar-refractivity contribution is 5.77. The zero-order valence-electron chi connectivity index (χ0n) is 14.2. The van der Waals surface area contributed by atoms with Crippen LogP contribution in [-0.2, 0) is 16.0 Å². The number of aryl methyl sites for hydroxylation is 1. The molecule has 1 saturated heterocycles. The molecular weight excluding hydrogens is 304 g/mol. The first-order chi connectivity index (χ1) is 11.7. The van der Waals surface area contributed by atoms with Gasteiger partial charge in [-0.3, -0.25) is 4.79 Å². The van der Waals surface area contributed by atoms with Crippen LogP contribution in [0, 0.1) is 5.41 Å². The number of hydrogen-bond acceptors (Lipinski definition) is 4. The van der Waals surface area contributed by atoms with Crippen LogP contribution in [0.25, 0.3) is 11.0 Å². The molecule has 1 aliphatic heterocycles. The molecule has 3 rings (SSSR count). The van der Waals surface area contributed by atoms with E-state index in [-0.39, 0.29) is 11.3 Å². The first-order valence-electron chi connectivity index (χ1n) is 8.61. The number of fused-ring (bicyclic) bond motifs is 1. The second-order valence-electron chi connectivity index (χ2n) is 6.66. The molecule has 2 aromatic rings. The van der Waals surface area contributed by atoms with Gasteiger partial charge in [0.1, 0.15) is 5.82 Å². The van der Waals surface area contributed by atoms with Gasteiger partial charge in [0.15, 0.2) is 0 Å². The summed E-state index contributed by atoms with van der Waals surface area (Å²) in [5, 5.41) is 6.46. The maximum Gasteiger partial charge on any atom is 0.220 e. The topological polar surface area (TPSA) is 79.0 Å². The molecule has 1 aromatic carbocycles. The number of hydrogen-bond donors (Lipinski definition) is 3. The summed E-state index contributed by atoms with van der Waals surface area (Å²) >= 11 is 0. The molecule has 1 aliphatic rings. The smallest absolute Gasteiger partial charge is 0.220 e. The molecule has 0 spiro atoms. The molecule has 0 bridgehead atoms. The molecule has 3 N–H and O–H groups in total. The van der Waals surface area contributed by atoms with Crippen LogP contribution in [-0.4, -0.2) is 49.2 Å². The third-order valence-corrected chi connectivity index (χ3v) is 4.80. The van der Waals surface area contributed by atoms with Crippen molar-refractivity contribution in [3.8, 4) is 0 Å². The van der Waals surface area contributed by atoms with E-state index in [1.807, 2.05) is 24.3 Å². The lowest BCUT2D eigenvalue weighted by Crippen LogP contribution is -2.47. The minimum atomic E-state index is 0.0645. The van der Waals surface area contributed by atoms with Crippen molar-refractivity contribution in [3.63, 3.8) is 0 Å². The van der Waals surface area contributed by atoms with Crippen molar-refractivity contribution in [1.29, 1.82) is 0 Å². The fourth-order valence-corrected chi connectivity index (χ4v) is 3.37. The normalized spacial score (nSPS) is 17.0. The van der Waals surface area contributed by atoms with Gasteiger partial charge < -0.3 is 20.4 Å². The lowest BCUT2D eigenvalue weighted by atomic mass is 9.79. The Labute approximate surface area is 142 Å². The van der Waals surface area contributed by atoms with E-state index in [9.17, 15) is 4.79 Å². The SMILES string of the molecule is COCC1(CNC(=O)CCc2nc3ccccc3[nH]2)CCNCC1. The predicted octanol–water partition coefficient (Wildman–Crippen LogP) is 1.63. The average Bonchev–Trinajstić information content (AvgIpc) is 3.02. The molecule has 24 heavy (non-hydrogen) atoms. The predicted molar refractivity (Wildman–Crippen MR) is 93.8 cm³/mol. The van der Waals surface area contributed by atoms with E-state index >= 15 is 0 Å². The molecule has 6 nitrogen and oxygen atoms in total. The number of nitrogens with one attached hydrogen (secondary N) is 3. The summed E-state index contributed by atoms with van der Waals surface area (Å²) < 4.78 is 5.39. The number of aromatic nitrogens is 2. The second kappa shape index (κ2) is 7.77. The minimum absolute atomic E-state index is 0.0645. The Morgan fingerprint density at radius 2 is 2.12 bits per heavy atom. The van der Waals surface area contributed by atoms with Crippen molar-refractivity contribution in [2.45, 2.75) is 25.7 Å². The Morgan fingerprint density at radius 1 is 1.33 bits per heavy atom. The maximum absolute atomic E-state index is 12.2. The molecule has 2 heterocycles. The average molecular weight is 330 g/mol. The van der Waals surface area contributed by atoms with Crippen LogP contribution in [0.4, 0.5) is 0 Å². The van der Waals surface area contributed by atoms with Crippen molar-refractivity contribution in [3.05, 3.63) is 30.1 Å². The lowest BCUT2D eigenvalue weighted by molar-refractivity contribution is -0.122. The summed E-state index contributed by atoms with van der Waals surface area (Å²) in [6.07, 6.45) is 3.13. The number of ether oxygens (including phenoxy) is 1. The number of H-pyrrole nitrogens is 1. The van der Waals surface area contributed by atoms with Crippen LogP contribution in [0.1, 0.15) is 25.1 Å². The van der Waals surface area contributed by atoms with Gasteiger partial charge in [-0.25, -0.2) is 4.98 Å². The van der Waals surface area contributed by atoms with Crippen molar-refractivity contribution in [2.24, 2.45) is 5.41 Å². The van der Waals surface area contributed by atoms with E-state index in [1.165, 1.54) is 0 Å². The summed E-state index contributed by atoms with van der Waals surface area (Å²) in [6, 6.07) is 7.91. The number of rotatable bonds is 7. The number of nitrogens with zero attached hydrogens (tertiary/aromatic N) is 1. The quantitative estimate of drug-likeness (QED) is 0.721. The fourth-order valence-electron chi connectivity index (χ4n) is 3.37. The van der Waals surface area contributed by atoms with E-state index in [4.69, 9.17) is 4.74 Å². The van der Waals surface area contributed by atoms with Gasteiger partial charge in [-0.1, -0.05) is 12.1 Å². The van der Waals surface area contributed by atoms with Crippen LogP contribution in [0.2, 0.25) is 0 Å². The van der Waals surface area contributed by atoms with Gasteiger partial charge >= 0.3 is 0 Å². The molecule has 0 unspecified atom stereocenters. The van der Waals surface area contributed by atoms with Crippen molar-refractivity contribution >= 4 is 16.9 Å². The highest BCUT2D eigenvalue weighted by Gasteiger charge is 2.32.